The summed E-state index contributed by atoms with van der Waals surface area (Å²) < 4.78 is 5.48. The van der Waals surface area contributed by atoms with Gasteiger partial charge in [0.05, 0.1) is 13.2 Å². The summed E-state index contributed by atoms with van der Waals surface area (Å²) in [7, 11) is 6.46. The van der Waals surface area contributed by atoms with Crippen molar-refractivity contribution in [3.63, 3.8) is 0 Å². The highest BCUT2D eigenvalue weighted by molar-refractivity contribution is 6.32. The molecule has 1 atom stereocenters. The van der Waals surface area contributed by atoms with E-state index >= 15 is 0 Å². The van der Waals surface area contributed by atoms with E-state index in [1.165, 1.54) is 29.7 Å². The third kappa shape index (κ3) is 5.48. The van der Waals surface area contributed by atoms with Crippen LogP contribution >= 0.6 is 11.6 Å². The second kappa shape index (κ2) is 11.1. The smallest absolute Gasteiger partial charge is 0.149 e. The molecule has 4 heterocycles. The topological polar surface area (TPSA) is 37.8 Å². The molecule has 0 spiro atoms. The highest BCUT2D eigenvalue weighted by Crippen LogP contribution is 2.38. The van der Waals surface area contributed by atoms with Crippen molar-refractivity contribution in [2.24, 2.45) is 4.99 Å². The Morgan fingerprint density at radius 2 is 1.71 bits per heavy atom. The van der Waals surface area contributed by atoms with Crippen molar-refractivity contribution < 1.29 is 4.74 Å². The van der Waals surface area contributed by atoms with Gasteiger partial charge in [-0.25, -0.2) is 4.99 Å². The molecule has 0 aromatic heterocycles. The van der Waals surface area contributed by atoms with Crippen LogP contribution in [0.4, 0.5) is 5.69 Å². The lowest BCUT2D eigenvalue weighted by Gasteiger charge is -2.37. The van der Waals surface area contributed by atoms with Gasteiger partial charge in [0.2, 0.25) is 0 Å². The Hall–Kier alpha value is -1.80. The number of fused-ring (bicyclic) bond motifs is 1. The summed E-state index contributed by atoms with van der Waals surface area (Å²) in [6, 6.07) is 9.71. The van der Waals surface area contributed by atoms with Crippen LogP contribution in [0.15, 0.2) is 40.0 Å². The third-order valence-corrected chi connectivity index (χ3v) is 8.62. The molecular weight excluding hydrogens is 460 g/mol. The van der Waals surface area contributed by atoms with Gasteiger partial charge in [-0.05, 0) is 57.5 Å². The molecule has 1 aromatic rings. The Morgan fingerprint density at radius 3 is 2.40 bits per heavy atom. The molecule has 0 radical (unpaired) electrons. The maximum absolute atomic E-state index is 6.89. The van der Waals surface area contributed by atoms with Crippen molar-refractivity contribution in [1.29, 1.82) is 0 Å². The van der Waals surface area contributed by atoms with E-state index in [-0.39, 0.29) is 6.17 Å². The van der Waals surface area contributed by atoms with E-state index in [1.54, 1.807) is 0 Å². The number of hydrogen-bond donors (Lipinski definition) is 0. The average molecular weight is 501 g/mol. The number of likely N-dealkylation sites (tertiary alicyclic amines) is 1. The number of hydrogen-bond acceptors (Lipinski definition) is 7. The third-order valence-electron chi connectivity index (χ3n) is 8.13. The minimum Gasteiger partial charge on any atom is -0.379 e. The van der Waals surface area contributed by atoms with E-state index < -0.39 is 0 Å². The van der Waals surface area contributed by atoms with Crippen LogP contribution in [0.3, 0.4) is 0 Å². The van der Waals surface area contributed by atoms with E-state index in [9.17, 15) is 0 Å². The molecule has 1 unspecified atom stereocenters. The summed E-state index contributed by atoms with van der Waals surface area (Å²) in [5, 5.41) is 0.852. The van der Waals surface area contributed by atoms with E-state index in [2.05, 4.69) is 69.9 Å². The second-order valence-corrected chi connectivity index (χ2v) is 10.9. The molecular formula is C27H41ClN6O. The molecule has 0 aliphatic carbocycles. The zero-order valence-corrected chi connectivity index (χ0v) is 22.4. The number of nitrogens with zero attached hydrogens (tertiary/aromatic N) is 6. The van der Waals surface area contributed by atoms with Crippen molar-refractivity contribution in [3.8, 4) is 0 Å². The molecule has 4 aliphatic rings. The van der Waals surface area contributed by atoms with Gasteiger partial charge in [-0.15, -0.1) is 0 Å². The van der Waals surface area contributed by atoms with Crippen molar-refractivity contribution in [2.45, 2.75) is 37.9 Å². The Kier molecular flexibility index (Phi) is 7.87. The molecule has 3 saturated heterocycles. The largest absolute Gasteiger partial charge is 0.379 e. The summed E-state index contributed by atoms with van der Waals surface area (Å²) in [6.07, 6.45) is 4.49. The number of aliphatic imine (C=N–C) groups is 1. The summed E-state index contributed by atoms with van der Waals surface area (Å²) in [5.41, 5.74) is 3.71. The van der Waals surface area contributed by atoms with E-state index in [1.807, 2.05) is 0 Å². The van der Waals surface area contributed by atoms with Crippen LogP contribution < -0.4 is 4.90 Å². The number of ether oxygens (including phenoxy) is 1. The minimum absolute atomic E-state index is 0.0744. The van der Waals surface area contributed by atoms with Gasteiger partial charge in [-0.3, -0.25) is 4.90 Å². The normalized spacial score (nSPS) is 24.4. The summed E-state index contributed by atoms with van der Waals surface area (Å²) >= 11 is 6.89. The average Bonchev–Trinajstić information content (AvgIpc) is 3.30. The Morgan fingerprint density at radius 1 is 1.00 bits per heavy atom. The number of anilines is 1. The number of amidine groups is 1. The molecule has 1 aromatic carbocycles. The SMILES string of the molecule is CN(C)C1CCN(c2ccc(C3N=C4C(=C(Cl)N3C)CCN4CCCN3CCOCC3)cc2)CC1. The Balaban J connectivity index is 1.24. The lowest BCUT2D eigenvalue weighted by molar-refractivity contribution is 0.0368. The van der Waals surface area contributed by atoms with Gasteiger partial charge in [0.1, 0.15) is 17.2 Å². The molecule has 0 N–H and O–H groups in total. The van der Waals surface area contributed by atoms with Crippen molar-refractivity contribution in [3.05, 3.63) is 40.6 Å². The van der Waals surface area contributed by atoms with Gasteiger partial charge in [0.15, 0.2) is 0 Å². The zero-order valence-electron chi connectivity index (χ0n) is 21.6. The van der Waals surface area contributed by atoms with Gasteiger partial charge in [0.25, 0.3) is 0 Å². The van der Waals surface area contributed by atoms with Crippen LogP contribution in [0.1, 0.15) is 37.4 Å². The fourth-order valence-electron chi connectivity index (χ4n) is 5.86. The molecule has 7 nitrogen and oxygen atoms in total. The second-order valence-electron chi connectivity index (χ2n) is 10.5. The first-order valence-corrected chi connectivity index (χ1v) is 13.6. The standard InChI is InChI=1S/C27H41ClN6O/c1-30(2)22-9-14-33(15-10-22)23-7-5-21(6-8-23)26-29-27-24(25(28)31(26)3)11-16-34(27)13-4-12-32-17-19-35-20-18-32/h5-8,22,26H,4,9-20H2,1-3H3. The summed E-state index contributed by atoms with van der Waals surface area (Å²) in [4.78, 5) is 17.2. The highest BCUT2D eigenvalue weighted by atomic mass is 35.5. The van der Waals surface area contributed by atoms with Crippen molar-refractivity contribution >= 4 is 23.1 Å². The molecule has 0 saturated carbocycles. The number of benzene rings is 1. The van der Waals surface area contributed by atoms with Crippen LogP contribution in [-0.2, 0) is 4.74 Å². The first kappa shape index (κ1) is 24.9. The highest BCUT2D eigenvalue weighted by Gasteiger charge is 2.34. The molecule has 0 bridgehead atoms. The zero-order chi connectivity index (χ0) is 24.4. The lowest BCUT2D eigenvalue weighted by atomic mass is 10.0. The maximum Gasteiger partial charge on any atom is 0.149 e. The fraction of sp³-hybridized carbons (Fsp3) is 0.667. The molecule has 5 rings (SSSR count). The van der Waals surface area contributed by atoms with E-state index in [0.29, 0.717) is 6.04 Å². The number of morpholine rings is 1. The van der Waals surface area contributed by atoms with Gasteiger partial charge >= 0.3 is 0 Å². The van der Waals surface area contributed by atoms with E-state index in [0.717, 1.165) is 82.9 Å². The Labute approximate surface area is 215 Å². The van der Waals surface area contributed by atoms with Crippen LogP contribution in [-0.4, -0.2) is 112 Å². The van der Waals surface area contributed by atoms with Gasteiger partial charge in [-0.1, -0.05) is 23.7 Å². The maximum atomic E-state index is 6.89. The summed E-state index contributed by atoms with van der Waals surface area (Å²) in [5.74, 6) is 1.11. The predicted molar refractivity (Wildman–Crippen MR) is 144 cm³/mol. The molecule has 35 heavy (non-hydrogen) atoms. The van der Waals surface area contributed by atoms with Crippen LogP contribution in [0, 0.1) is 0 Å². The molecule has 8 heteroatoms. The van der Waals surface area contributed by atoms with Crippen LogP contribution in [0.2, 0.25) is 0 Å². The number of halogens is 1. The van der Waals surface area contributed by atoms with Crippen molar-refractivity contribution in [2.75, 3.05) is 85.1 Å². The Bertz CT molecular complexity index is 918. The first-order valence-electron chi connectivity index (χ1n) is 13.3. The summed E-state index contributed by atoms with van der Waals surface area (Å²) in [6.45, 7) is 9.22. The van der Waals surface area contributed by atoms with E-state index in [4.69, 9.17) is 21.3 Å². The molecule has 3 fully saturated rings. The predicted octanol–water partition coefficient (Wildman–Crippen LogP) is 3.44. The van der Waals surface area contributed by atoms with Crippen LogP contribution in [0.25, 0.3) is 0 Å². The van der Waals surface area contributed by atoms with Gasteiger partial charge in [0, 0.05) is 70.2 Å². The minimum atomic E-state index is -0.0744. The van der Waals surface area contributed by atoms with Gasteiger partial charge in [-0.2, -0.15) is 0 Å². The fourth-order valence-corrected chi connectivity index (χ4v) is 6.13. The molecule has 4 aliphatic heterocycles. The lowest BCUT2D eigenvalue weighted by Crippen LogP contribution is -2.42. The molecule has 192 valence electrons. The van der Waals surface area contributed by atoms with Crippen LogP contribution in [0.5, 0.6) is 0 Å². The molecule has 0 amide bonds. The number of rotatable bonds is 7. The monoisotopic (exact) mass is 500 g/mol. The van der Waals surface area contributed by atoms with Crippen molar-refractivity contribution in [1.82, 2.24) is 19.6 Å². The quantitative estimate of drug-likeness (QED) is 0.534. The first-order chi connectivity index (χ1) is 17.0. The van der Waals surface area contributed by atoms with Gasteiger partial charge < -0.3 is 24.3 Å². The number of piperidine rings is 1.